The standard InChI is InChI=1S/C12H16N4O2S.ClH/c1-16-6-5-13-7-8(16)11-14-12(18-15-11)9-3-4-10(17-9)19-2;/h3-4,8,13H,5-7H2,1-2H3;1H. The molecule has 2 aromatic heterocycles. The number of rotatable bonds is 3. The zero-order chi connectivity index (χ0) is 13.2. The number of nitrogens with one attached hydrogen (secondary N) is 1. The van der Waals surface area contributed by atoms with Crippen molar-refractivity contribution in [3.05, 3.63) is 18.0 Å². The van der Waals surface area contributed by atoms with Gasteiger partial charge in [0.2, 0.25) is 0 Å². The molecule has 0 bridgehead atoms. The highest BCUT2D eigenvalue weighted by Gasteiger charge is 2.26. The predicted molar refractivity (Wildman–Crippen MR) is 79.3 cm³/mol. The molecule has 0 amide bonds. The lowest BCUT2D eigenvalue weighted by molar-refractivity contribution is 0.190. The first kappa shape index (κ1) is 15.4. The highest BCUT2D eigenvalue weighted by molar-refractivity contribution is 7.98. The van der Waals surface area contributed by atoms with Crippen LogP contribution in [0.2, 0.25) is 0 Å². The lowest BCUT2D eigenvalue weighted by Crippen LogP contribution is -2.44. The number of furan rings is 1. The summed E-state index contributed by atoms with van der Waals surface area (Å²) in [5.74, 6) is 1.76. The zero-order valence-electron chi connectivity index (χ0n) is 11.3. The minimum Gasteiger partial charge on any atom is -0.445 e. The van der Waals surface area contributed by atoms with Crippen LogP contribution in [0.5, 0.6) is 0 Å². The van der Waals surface area contributed by atoms with Gasteiger partial charge in [-0.1, -0.05) is 16.9 Å². The first-order valence-electron chi connectivity index (χ1n) is 6.16. The van der Waals surface area contributed by atoms with Gasteiger partial charge in [-0.15, -0.1) is 12.4 Å². The second-order valence-corrected chi connectivity index (χ2v) is 5.29. The summed E-state index contributed by atoms with van der Waals surface area (Å²) >= 11 is 1.54. The molecule has 6 nitrogen and oxygen atoms in total. The molecule has 3 rings (SSSR count). The minimum atomic E-state index is 0. The SMILES string of the molecule is CSc1ccc(-c2nc(C3CNCCN3C)no2)o1.Cl. The molecule has 0 spiro atoms. The van der Waals surface area contributed by atoms with Crippen LogP contribution in [0.15, 0.2) is 26.2 Å². The van der Waals surface area contributed by atoms with E-state index in [1.165, 1.54) is 0 Å². The Morgan fingerprint density at radius 3 is 3.00 bits per heavy atom. The van der Waals surface area contributed by atoms with Crippen LogP contribution in [-0.4, -0.2) is 48.0 Å². The third-order valence-electron chi connectivity index (χ3n) is 3.24. The molecule has 0 saturated carbocycles. The van der Waals surface area contributed by atoms with Crippen LogP contribution in [0.25, 0.3) is 11.7 Å². The van der Waals surface area contributed by atoms with Crippen molar-refractivity contribution < 1.29 is 8.94 Å². The molecule has 8 heteroatoms. The van der Waals surface area contributed by atoms with Crippen molar-refractivity contribution in [1.82, 2.24) is 20.4 Å². The van der Waals surface area contributed by atoms with Crippen LogP contribution < -0.4 is 5.32 Å². The summed E-state index contributed by atoms with van der Waals surface area (Å²) in [7, 11) is 2.07. The van der Waals surface area contributed by atoms with E-state index < -0.39 is 0 Å². The maximum absolute atomic E-state index is 5.58. The number of aromatic nitrogens is 2. The summed E-state index contributed by atoms with van der Waals surface area (Å²) in [5.41, 5.74) is 0. The number of hydrogen-bond donors (Lipinski definition) is 1. The number of hydrogen-bond acceptors (Lipinski definition) is 7. The molecule has 1 N–H and O–H groups in total. The molecular formula is C12H17ClN4O2S. The average molecular weight is 317 g/mol. The Morgan fingerprint density at radius 2 is 2.30 bits per heavy atom. The van der Waals surface area contributed by atoms with Gasteiger partial charge in [-0.05, 0) is 25.4 Å². The number of halogens is 1. The van der Waals surface area contributed by atoms with Crippen molar-refractivity contribution in [3.8, 4) is 11.7 Å². The van der Waals surface area contributed by atoms with E-state index in [1.54, 1.807) is 11.8 Å². The molecule has 1 saturated heterocycles. The van der Waals surface area contributed by atoms with Crippen LogP contribution in [0, 0.1) is 0 Å². The molecule has 0 aromatic carbocycles. The van der Waals surface area contributed by atoms with Gasteiger partial charge < -0.3 is 14.3 Å². The number of piperazine rings is 1. The van der Waals surface area contributed by atoms with Gasteiger partial charge >= 0.3 is 0 Å². The first-order valence-corrected chi connectivity index (χ1v) is 7.39. The Morgan fingerprint density at radius 1 is 1.45 bits per heavy atom. The zero-order valence-corrected chi connectivity index (χ0v) is 13.0. The summed E-state index contributed by atoms with van der Waals surface area (Å²) in [6, 6.07) is 3.91. The molecule has 1 unspecified atom stereocenters. The van der Waals surface area contributed by atoms with E-state index in [0.29, 0.717) is 17.5 Å². The van der Waals surface area contributed by atoms with Gasteiger partial charge in [0, 0.05) is 19.6 Å². The highest BCUT2D eigenvalue weighted by Crippen LogP contribution is 2.27. The molecule has 0 aliphatic carbocycles. The topological polar surface area (TPSA) is 67.3 Å². The summed E-state index contributed by atoms with van der Waals surface area (Å²) < 4.78 is 10.9. The van der Waals surface area contributed by atoms with Crippen LogP contribution in [0.3, 0.4) is 0 Å². The molecular weight excluding hydrogens is 300 g/mol. The van der Waals surface area contributed by atoms with Crippen LogP contribution >= 0.6 is 24.2 Å². The molecule has 1 aliphatic heterocycles. The summed E-state index contributed by atoms with van der Waals surface area (Å²) in [4.78, 5) is 6.66. The van der Waals surface area contributed by atoms with Gasteiger partial charge in [0.25, 0.3) is 5.89 Å². The fourth-order valence-corrected chi connectivity index (χ4v) is 2.49. The number of likely N-dealkylation sites (N-methyl/N-ethyl adjacent to an activating group) is 1. The lowest BCUT2D eigenvalue weighted by Gasteiger charge is -2.30. The normalized spacial score (nSPS) is 19.8. The monoisotopic (exact) mass is 316 g/mol. The van der Waals surface area contributed by atoms with Gasteiger partial charge in [0.15, 0.2) is 16.7 Å². The van der Waals surface area contributed by atoms with E-state index in [1.807, 2.05) is 18.4 Å². The molecule has 3 heterocycles. The fourth-order valence-electron chi connectivity index (χ4n) is 2.11. The lowest BCUT2D eigenvalue weighted by atomic mass is 10.2. The highest BCUT2D eigenvalue weighted by atomic mass is 35.5. The summed E-state index contributed by atoms with van der Waals surface area (Å²) in [6.07, 6.45) is 1.96. The Balaban J connectivity index is 0.00000147. The molecule has 2 aromatic rings. The third kappa shape index (κ3) is 3.01. The second kappa shape index (κ2) is 6.62. The van der Waals surface area contributed by atoms with E-state index in [-0.39, 0.29) is 18.4 Å². The third-order valence-corrected chi connectivity index (χ3v) is 3.87. The number of thioether (sulfide) groups is 1. The van der Waals surface area contributed by atoms with Crippen LogP contribution in [-0.2, 0) is 0 Å². The fraction of sp³-hybridized carbons (Fsp3) is 0.500. The van der Waals surface area contributed by atoms with Crippen LogP contribution in [0.1, 0.15) is 11.9 Å². The van der Waals surface area contributed by atoms with Gasteiger partial charge in [-0.25, -0.2) is 0 Å². The Hall–Kier alpha value is -1.02. The number of nitrogens with zero attached hydrogens (tertiary/aromatic N) is 3. The predicted octanol–water partition coefficient (Wildman–Crippen LogP) is 2.05. The second-order valence-electron chi connectivity index (χ2n) is 4.48. The van der Waals surface area contributed by atoms with Gasteiger partial charge in [0.1, 0.15) is 0 Å². The van der Waals surface area contributed by atoms with Crippen LogP contribution in [0.4, 0.5) is 0 Å². The Labute approximate surface area is 127 Å². The maximum Gasteiger partial charge on any atom is 0.293 e. The maximum atomic E-state index is 5.58. The molecule has 1 aliphatic rings. The van der Waals surface area contributed by atoms with E-state index in [0.717, 1.165) is 24.7 Å². The molecule has 110 valence electrons. The van der Waals surface area contributed by atoms with Crippen molar-refractivity contribution >= 4 is 24.2 Å². The van der Waals surface area contributed by atoms with Gasteiger partial charge in [-0.2, -0.15) is 4.98 Å². The van der Waals surface area contributed by atoms with Gasteiger partial charge in [0.05, 0.1) is 6.04 Å². The average Bonchev–Trinajstić information content (AvgIpc) is 3.08. The van der Waals surface area contributed by atoms with Gasteiger partial charge in [-0.3, -0.25) is 4.90 Å². The Kier molecular flexibility index (Phi) is 5.09. The molecule has 20 heavy (non-hydrogen) atoms. The van der Waals surface area contributed by atoms with Crippen molar-refractivity contribution in [2.45, 2.75) is 11.1 Å². The van der Waals surface area contributed by atoms with E-state index in [2.05, 4.69) is 27.4 Å². The van der Waals surface area contributed by atoms with Crippen molar-refractivity contribution in [2.24, 2.45) is 0 Å². The van der Waals surface area contributed by atoms with Crippen molar-refractivity contribution in [1.29, 1.82) is 0 Å². The van der Waals surface area contributed by atoms with Crippen molar-refractivity contribution in [2.75, 3.05) is 32.9 Å². The first-order chi connectivity index (χ1) is 9.28. The van der Waals surface area contributed by atoms with E-state index in [9.17, 15) is 0 Å². The smallest absolute Gasteiger partial charge is 0.293 e. The summed E-state index contributed by atoms with van der Waals surface area (Å²) in [5, 5.41) is 8.24. The largest absolute Gasteiger partial charge is 0.445 e. The van der Waals surface area contributed by atoms with Crippen molar-refractivity contribution in [3.63, 3.8) is 0 Å². The van der Waals surface area contributed by atoms with E-state index >= 15 is 0 Å². The van der Waals surface area contributed by atoms with E-state index in [4.69, 9.17) is 8.94 Å². The summed E-state index contributed by atoms with van der Waals surface area (Å²) in [6.45, 7) is 2.81. The molecule has 1 fully saturated rings. The molecule has 1 atom stereocenters. The quantitative estimate of drug-likeness (QED) is 0.869. The Bertz CT molecular complexity index is 559. The minimum absolute atomic E-state index is 0. The molecule has 0 radical (unpaired) electrons.